The molecule has 0 aromatic heterocycles. The predicted molar refractivity (Wildman–Crippen MR) is 115 cm³/mol. The zero-order valence-electron chi connectivity index (χ0n) is 18.4. The molecule has 0 heterocycles. The monoisotopic (exact) mass is 394 g/mol. The van der Waals surface area contributed by atoms with E-state index in [1.54, 1.807) is 0 Å². The van der Waals surface area contributed by atoms with Crippen LogP contribution in [0.3, 0.4) is 0 Å². The van der Waals surface area contributed by atoms with Crippen molar-refractivity contribution in [1.82, 2.24) is 0 Å². The van der Waals surface area contributed by atoms with Crippen LogP contribution in [0.5, 0.6) is 0 Å². The number of hydrogen-bond acceptors (Lipinski definition) is 2. The highest BCUT2D eigenvalue weighted by atomic mass is 32.2. The first kappa shape index (κ1) is 28.1. The molecule has 0 spiro atoms. The SMILES string of the molecule is CCCCC[N+](CCCCC)(CCCCC)CCCCC.CS(=O)(=O)O. The highest BCUT2D eigenvalue weighted by molar-refractivity contribution is 7.85. The topological polar surface area (TPSA) is 54.4 Å². The predicted octanol–water partition coefficient (Wildman–Crippen LogP) is 6.07. The minimum atomic E-state index is -3.67. The van der Waals surface area contributed by atoms with Gasteiger partial charge in [-0.1, -0.05) is 53.4 Å². The standard InChI is InChI=1S/C20H44N.CH4O3S/c1-5-9-13-17-21(18-14-10-6-2,19-15-11-7-3)20-16-12-8-4;1-5(2,3)4/h5-20H2,1-4H3;1H3,(H,2,3,4)/q+1;. The fraction of sp³-hybridized carbons (Fsp3) is 1.00. The molecule has 0 atom stereocenters. The molecule has 0 aromatic rings. The van der Waals surface area contributed by atoms with Gasteiger partial charge in [0.1, 0.15) is 0 Å². The Morgan fingerprint density at radius 2 is 0.769 bits per heavy atom. The van der Waals surface area contributed by atoms with E-state index in [2.05, 4.69) is 27.7 Å². The summed E-state index contributed by atoms with van der Waals surface area (Å²) in [5, 5.41) is 0. The van der Waals surface area contributed by atoms with Gasteiger partial charge in [-0.15, -0.1) is 0 Å². The number of hydrogen-bond donors (Lipinski definition) is 1. The van der Waals surface area contributed by atoms with Crippen molar-refractivity contribution in [2.45, 2.75) is 105 Å². The lowest BCUT2D eigenvalue weighted by molar-refractivity contribution is -0.929. The van der Waals surface area contributed by atoms with Crippen molar-refractivity contribution in [1.29, 1.82) is 0 Å². The van der Waals surface area contributed by atoms with E-state index in [0.29, 0.717) is 6.26 Å². The Morgan fingerprint density at radius 3 is 0.923 bits per heavy atom. The lowest BCUT2D eigenvalue weighted by atomic mass is 10.1. The van der Waals surface area contributed by atoms with E-state index < -0.39 is 10.1 Å². The first-order chi connectivity index (χ1) is 12.2. The van der Waals surface area contributed by atoms with Crippen LogP contribution in [-0.2, 0) is 10.1 Å². The van der Waals surface area contributed by atoms with Crippen LogP contribution in [-0.4, -0.2) is 49.9 Å². The smallest absolute Gasteiger partial charge is 0.261 e. The second-order valence-electron chi connectivity index (χ2n) is 7.80. The van der Waals surface area contributed by atoms with Crippen LogP contribution in [0.25, 0.3) is 0 Å². The third kappa shape index (κ3) is 21.9. The fourth-order valence-electron chi connectivity index (χ4n) is 3.46. The summed E-state index contributed by atoms with van der Waals surface area (Å²) in [6, 6.07) is 0. The molecule has 0 radical (unpaired) electrons. The van der Waals surface area contributed by atoms with Crippen molar-refractivity contribution in [2.24, 2.45) is 0 Å². The molecule has 0 rings (SSSR count). The van der Waals surface area contributed by atoms with Crippen LogP contribution in [0.1, 0.15) is 105 Å². The second kappa shape index (κ2) is 18.2. The number of nitrogens with zero attached hydrogens (tertiary/aromatic N) is 1. The van der Waals surface area contributed by atoms with Gasteiger partial charge in [0.05, 0.1) is 32.4 Å². The maximum atomic E-state index is 9.19. The molecule has 0 amide bonds. The van der Waals surface area contributed by atoms with Crippen LogP contribution in [0.2, 0.25) is 0 Å². The summed E-state index contributed by atoms with van der Waals surface area (Å²) < 4.78 is 27.3. The Labute approximate surface area is 165 Å². The Morgan fingerprint density at radius 1 is 0.577 bits per heavy atom. The van der Waals surface area contributed by atoms with Gasteiger partial charge in [0.2, 0.25) is 0 Å². The maximum absolute atomic E-state index is 9.19. The average Bonchev–Trinajstić information content (AvgIpc) is 2.54. The molecule has 0 unspecified atom stereocenters. The van der Waals surface area contributed by atoms with Crippen molar-refractivity contribution in [3.05, 3.63) is 0 Å². The molecule has 0 aliphatic carbocycles. The van der Waals surface area contributed by atoms with Gasteiger partial charge in [-0.05, 0) is 51.4 Å². The van der Waals surface area contributed by atoms with Crippen LogP contribution in [0.4, 0.5) is 0 Å². The third-order valence-electron chi connectivity index (χ3n) is 4.94. The summed E-state index contributed by atoms with van der Waals surface area (Å²) in [4.78, 5) is 0. The van der Waals surface area contributed by atoms with Gasteiger partial charge in [-0.2, -0.15) is 8.42 Å². The second-order valence-corrected chi connectivity index (χ2v) is 9.26. The molecule has 0 aliphatic heterocycles. The minimum Gasteiger partial charge on any atom is -0.324 e. The van der Waals surface area contributed by atoms with Gasteiger partial charge in [-0.25, -0.2) is 0 Å². The summed E-state index contributed by atoms with van der Waals surface area (Å²) in [7, 11) is -3.67. The lowest BCUT2D eigenvalue weighted by Gasteiger charge is -2.39. The zero-order valence-corrected chi connectivity index (χ0v) is 19.2. The average molecular weight is 395 g/mol. The van der Waals surface area contributed by atoms with Gasteiger partial charge < -0.3 is 4.48 Å². The highest BCUT2D eigenvalue weighted by Crippen LogP contribution is 2.18. The summed E-state index contributed by atoms with van der Waals surface area (Å²) in [5.74, 6) is 0. The number of quaternary nitrogens is 1. The summed E-state index contributed by atoms with van der Waals surface area (Å²) >= 11 is 0. The molecular formula is C21H48NO3S+. The molecule has 0 saturated heterocycles. The molecular weight excluding hydrogens is 346 g/mol. The molecule has 4 nitrogen and oxygen atoms in total. The van der Waals surface area contributed by atoms with Crippen LogP contribution in [0, 0.1) is 0 Å². The van der Waals surface area contributed by atoms with Crippen molar-refractivity contribution in [2.75, 3.05) is 32.4 Å². The minimum absolute atomic E-state index is 0.715. The Kier molecular flexibility index (Phi) is 19.7. The van der Waals surface area contributed by atoms with E-state index in [0.717, 1.165) is 0 Å². The molecule has 0 fully saturated rings. The quantitative estimate of drug-likeness (QED) is 0.196. The van der Waals surface area contributed by atoms with Crippen molar-refractivity contribution < 1.29 is 17.5 Å². The third-order valence-corrected chi connectivity index (χ3v) is 4.94. The molecule has 0 aromatic carbocycles. The fourth-order valence-corrected chi connectivity index (χ4v) is 3.46. The van der Waals surface area contributed by atoms with Crippen molar-refractivity contribution >= 4 is 10.1 Å². The first-order valence-corrected chi connectivity index (χ1v) is 12.9. The normalized spacial score (nSPS) is 11.9. The highest BCUT2D eigenvalue weighted by Gasteiger charge is 2.25. The molecule has 0 saturated carbocycles. The van der Waals surface area contributed by atoms with E-state index in [1.807, 2.05) is 0 Å². The van der Waals surface area contributed by atoms with E-state index in [9.17, 15) is 8.42 Å². The molecule has 5 heteroatoms. The largest absolute Gasteiger partial charge is 0.324 e. The summed E-state index contributed by atoms with van der Waals surface area (Å²) in [6.45, 7) is 15.1. The van der Waals surface area contributed by atoms with Crippen molar-refractivity contribution in [3.63, 3.8) is 0 Å². The summed E-state index contributed by atoms with van der Waals surface area (Å²) in [5.41, 5.74) is 0. The Hall–Kier alpha value is -0.130. The van der Waals surface area contributed by atoms with Crippen LogP contribution in [0.15, 0.2) is 0 Å². The van der Waals surface area contributed by atoms with E-state index in [1.165, 1.54) is 108 Å². The zero-order chi connectivity index (χ0) is 20.3. The molecule has 160 valence electrons. The Balaban J connectivity index is 0. The molecule has 26 heavy (non-hydrogen) atoms. The van der Waals surface area contributed by atoms with Crippen LogP contribution < -0.4 is 0 Å². The Bertz CT molecular complexity index is 329. The summed E-state index contributed by atoms with van der Waals surface area (Å²) in [6.07, 6.45) is 17.6. The van der Waals surface area contributed by atoms with Gasteiger partial charge >= 0.3 is 0 Å². The molecule has 0 bridgehead atoms. The van der Waals surface area contributed by atoms with E-state index in [-0.39, 0.29) is 0 Å². The van der Waals surface area contributed by atoms with Crippen LogP contribution >= 0.6 is 0 Å². The van der Waals surface area contributed by atoms with Gasteiger partial charge in [0.15, 0.2) is 0 Å². The molecule has 1 N–H and O–H groups in total. The number of rotatable bonds is 16. The van der Waals surface area contributed by atoms with Gasteiger partial charge in [0, 0.05) is 0 Å². The lowest BCUT2D eigenvalue weighted by Crippen LogP contribution is -2.50. The number of unbranched alkanes of at least 4 members (excludes halogenated alkanes) is 8. The van der Waals surface area contributed by atoms with E-state index >= 15 is 0 Å². The van der Waals surface area contributed by atoms with Gasteiger partial charge in [-0.3, -0.25) is 4.55 Å². The maximum Gasteiger partial charge on any atom is 0.261 e. The van der Waals surface area contributed by atoms with E-state index in [4.69, 9.17) is 4.55 Å². The molecule has 0 aliphatic rings. The van der Waals surface area contributed by atoms with Gasteiger partial charge in [0.25, 0.3) is 10.1 Å². The van der Waals surface area contributed by atoms with Crippen molar-refractivity contribution in [3.8, 4) is 0 Å². The first-order valence-electron chi connectivity index (χ1n) is 11.0.